The smallest absolute Gasteiger partial charge is 0.306 e. The molecule has 1 aliphatic carbocycles. The van der Waals surface area contributed by atoms with Crippen LogP contribution in [0.15, 0.2) is 48.5 Å². The number of fused-ring (bicyclic) bond motifs is 3. The summed E-state index contributed by atoms with van der Waals surface area (Å²) in [6.45, 7) is 7.05. The minimum Gasteiger partial charge on any atom is -0.465 e. The van der Waals surface area contributed by atoms with E-state index in [1.54, 1.807) is 20.8 Å². The zero-order valence-corrected chi connectivity index (χ0v) is 18.6. The van der Waals surface area contributed by atoms with Crippen LogP contribution in [0.4, 0.5) is 0 Å². The van der Waals surface area contributed by atoms with Gasteiger partial charge < -0.3 is 9.47 Å². The van der Waals surface area contributed by atoms with E-state index in [0.717, 1.165) is 22.3 Å². The molecule has 0 radical (unpaired) electrons. The van der Waals surface area contributed by atoms with Crippen LogP contribution in [0.5, 0.6) is 0 Å². The summed E-state index contributed by atoms with van der Waals surface area (Å²) < 4.78 is 10.9. The van der Waals surface area contributed by atoms with E-state index >= 15 is 0 Å². The van der Waals surface area contributed by atoms with Crippen molar-refractivity contribution in [2.24, 2.45) is 5.92 Å². The van der Waals surface area contributed by atoms with E-state index in [4.69, 9.17) is 9.47 Å². The van der Waals surface area contributed by atoms with Crippen LogP contribution in [0.1, 0.15) is 64.0 Å². The predicted octanol–water partition coefficient (Wildman–Crippen LogP) is 5.06. The van der Waals surface area contributed by atoms with Gasteiger partial charge in [-0.2, -0.15) is 0 Å². The molecule has 2 aromatic carbocycles. The molecule has 2 aromatic rings. The number of carbonyl (C=O) groups excluding carboxylic acids is 3. The van der Waals surface area contributed by atoms with Crippen molar-refractivity contribution in [3.05, 3.63) is 59.7 Å². The summed E-state index contributed by atoms with van der Waals surface area (Å²) >= 11 is 0. The van der Waals surface area contributed by atoms with E-state index in [1.165, 1.54) is 6.92 Å². The predicted molar refractivity (Wildman–Crippen MR) is 119 cm³/mol. The Morgan fingerprint density at radius 2 is 1.45 bits per heavy atom. The van der Waals surface area contributed by atoms with Crippen LogP contribution in [-0.2, 0) is 23.9 Å². The molecule has 1 atom stereocenters. The fraction of sp³-hybridized carbons (Fsp3) is 0.423. The summed E-state index contributed by atoms with van der Waals surface area (Å²) in [7, 11) is 0. The van der Waals surface area contributed by atoms with Gasteiger partial charge in [0.25, 0.3) is 0 Å². The first-order valence-corrected chi connectivity index (χ1v) is 10.7. The number of ether oxygens (including phenoxy) is 2. The first-order chi connectivity index (χ1) is 14.7. The Hall–Kier alpha value is -2.95. The number of benzene rings is 2. The summed E-state index contributed by atoms with van der Waals surface area (Å²) in [5.41, 5.74) is 4.04. The van der Waals surface area contributed by atoms with Crippen molar-refractivity contribution in [3.8, 4) is 11.1 Å². The number of ketones is 1. The van der Waals surface area contributed by atoms with Crippen molar-refractivity contribution in [1.82, 2.24) is 0 Å². The highest BCUT2D eigenvalue weighted by molar-refractivity contribution is 5.84. The van der Waals surface area contributed by atoms with Gasteiger partial charge >= 0.3 is 11.9 Å². The molecule has 0 aromatic heterocycles. The summed E-state index contributed by atoms with van der Waals surface area (Å²) in [4.78, 5) is 36.5. The van der Waals surface area contributed by atoms with Gasteiger partial charge in [-0.3, -0.25) is 14.4 Å². The standard InChI is InChI=1S/C26H30O5/c1-17(27)18(13-14-24(28)31-26(2,3)4)15-25(29)30-16-23-21-11-7-5-9-19(21)20-10-6-8-12-22(20)23/h5-12,18,23H,13-16H2,1-4H3. The summed E-state index contributed by atoms with van der Waals surface area (Å²) in [5.74, 6) is -1.49. The van der Waals surface area contributed by atoms with Gasteiger partial charge in [0, 0.05) is 18.3 Å². The molecule has 0 fully saturated rings. The second kappa shape index (κ2) is 9.46. The Morgan fingerprint density at radius 3 is 1.97 bits per heavy atom. The van der Waals surface area contributed by atoms with Gasteiger partial charge in [-0.05, 0) is 56.4 Å². The van der Waals surface area contributed by atoms with Crippen molar-refractivity contribution >= 4 is 17.7 Å². The second-order valence-electron chi connectivity index (χ2n) is 9.05. The van der Waals surface area contributed by atoms with Crippen molar-refractivity contribution in [3.63, 3.8) is 0 Å². The molecule has 0 saturated heterocycles. The molecule has 0 aliphatic heterocycles. The van der Waals surface area contributed by atoms with E-state index in [-0.39, 0.29) is 43.5 Å². The maximum Gasteiger partial charge on any atom is 0.306 e. The Balaban J connectivity index is 1.59. The Kier molecular flexibility index (Phi) is 6.94. The van der Waals surface area contributed by atoms with Gasteiger partial charge in [0.2, 0.25) is 0 Å². The molecule has 0 amide bonds. The largest absolute Gasteiger partial charge is 0.465 e. The lowest BCUT2D eigenvalue weighted by atomic mass is 9.95. The number of rotatable bonds is 8. The van der Waals surface area contributed by atoms with Crippen molar-refractivity contribution in [2.45, 2.75) is 58.5 Å². The van der Waals surface area contributed by atoms with Crippen LogP contribution in [0.2, 0.25) is 0 Å². The Labute approximate surface area is 183 Å². The first-order valence-electron chi connectivity index (χ1n) is 10.7. The van der Waals surface area contributed by atoms with E-state index in [1.807, 2.05) is 24.3 Å². The van der Waals surface area contributed by atoms with Crippen molar-refractivity contribution in [2.75, 3.05) is 6.61 Å². The number of carbonyl (C=O) groups is 3. The van der Waals surface area contributed by atoms with E-state index in [9.17, 15) is 14.4 Å². The fourth-order valence-electron chi connectivity index (χ4n) is 4.01. The van der Waals surface area contributed by atoms with Gasteiger partial charge in [0.05, 0.1) is 6.42 Å². The van der Waals surface area contributed by atoms with Crippen LogP contribution in [0.25, 0.3) is 11.1 Å². The van der Waals surface area contributed by atoms with Crippen LogP contribution < -0.4 is 0 Å². The molecule has 0 bridgehead atoms. The molecule has 0 spiro atoms. The third-order valence-electron chi connectivity index (χ3n) is 5.48. The van der Waals surface area contributed by atoms with Crippen LogP contribution in [-0.4, -0.2) is 29.9 Å². The maximum atomic E-state index is 12.5. The van der Waals surface area contributed by atoms with Crippen LogP contribution in [0.3, 0.4) is 0 Å². The molecule has 0 saturated carbocycles. The van der Waals surface area contributed by atoms with Crippen molar-refractivity contribution < 1.29 is 23.9 Å². The Morgan fingerprint density at radius 1 is 0.903 bits per heavy atom. The van der Waals surface area contributed by atoms with Gasteiger partial charge in [0.1, 0.15) is 18.0 Å². The molecule has 1 unspecified atom stereocenters. The number of hydrogen-bond acceptors (Lipinski definition) is 5. The zero-order chi connectivity index (χ0) is 22.6. The number of Topliss-reactive ketones (excluding diaryl/α,β-unsaturated/α-hetero) is 1. The van der Waals surface area contributed by atoms with Gasteiger partial charge in [-0.1, -0.05) is 48.5 Å². The van der Waals surface area contributed by atoms with E-state index < -0.39 is 17.5 Å². The fourth-order valence-corrected chi connectivity index (χ4v) is 4.01. The highest BCUT2D eigenvalue weighted by atomic mass is 16.6. The molecule has 164 valence electrons. The average Bonchev–Trinajstić information content (AvgIpc) is 3.02. The lowest BCUT2D eigenvalue weighted by Crippen LogP contribution is -2.25. The summed E-state index contributed by atoms with van der Waals surface area (Å²) in [6, 6.07) is 16.3. The molecule has 5 nitrogen and oxygen atoms in total. The van der Waals surface area contributed by atoms with E-state index in [2.05, 4.69) is 24.3 Å². The molecule has 1 aliphatic rings. The lowest BCUT2D eigenvalue weighted by Gasteiger charge is -2.20. The summed E-state index contributed by atoms with van der Waals surface area (Å²) in [6.07, 6.45) is 0.334. The molecule has 5 heteroatoms. The van der Waals surface area contributed by atoms with Gasteiger partial charge in [-0.25, -0.2) is 0 Å². The minimum atomic E-state index is -0.574. The first kappa shape index (κ1) is 22.7. The molecular formula is C26H30O5. The SMILES string of the molecule is CC(=O)C(CCC(=O)OC(C)(C)C)CC(=O)OCC1c2ccccc2-c2ccccc21. The molecule has 0 heterocycles. The van der Waals surface area contributed by atoms with Crippen LogP contribution >= 0.6 is 0 Å². The summed E-state index contributed by atoms with van der Waals surface area (Å²) in [5, 5.41) is 0. The monoisotopic (exact) mass is 422 g/mol. The molecule has 0 N–H and O–H groups in total. The van der Waals surface area contributed by atoms with Crippen molar-refractivity contribution in [1.29, 1.82) is 0 Å². The third-order valence-corrected chi connectivity index (χ3v) is 5.48. The van der Waals surface area contributed by atoms with E-state index in [0.29, 0.717) is 0 Å². The lowest BCUT2D eigenvalue weighted by molar-refractivity contribution is -0.156. The quantitative estimate of drug-likeness (QED) is 0.556. The number of hydrogen-bond donors (Lipinski definition) is 0. The Bertz CT molecular complexity index is 924. The minimum absolute atomic E-state index is 0.0195. The highest BCUT2D eigenvalue weighted by Gasteiger charge is 2.30. The molecule has 3 rings (SSSR count). The van der Waals surface area contributed by atoms with Crippen LogP contribution in [0, 0.1) is 5.92 Å². The zero-order valence-electron chi connectivity index (χ0n) is 18.6. The highest BCUT2D eigenvalue weighted by Crippen LogP contribution is 2.44. The topological polar surface area (TPSA) is 69.7 Å². The van der Waals surface area contributed by atoms with Gasteiger partial charge in [-0.15, -0.1) is 0 Å². The maximum absolute atomic E-state index is 12.5. The average molecular weight is 423 g/mol. The third kappa shape index (κ3) is 5.81. The number of esters is 2. The second-order valence-corrected chi connectivity index (χ2v) is 9.05. The molecule has 31 heavy (non-hydrogen) atoms. The molecular weight excluding hydrogens is 392 g/mol. The van der Waals surface area contributed by atoms with Gasteiger partial charge in [0.15, 0.2) is 0 Å². The normalized spacial score (nSPS) is 13.8.